The standard InChI is InChI=1S/C21H21NO2/c1-13(2)17-10-11-20(23-19-9-7-6-8-14(19)3)18(12-17)21-15(4)22-24-16(21)5/h6-12H,1H2,2-5H3. The van der Waals surface area contributed by atoms with E-state index >= 15 is 0 Å². The van der Waals surface area contributed by atoms with E-state index in [1.165, 1.54) is 0 Å². The highest BCUT2D eigenvalue weighted by Gasteiger charge is 2.18. The van der Waals surface area contributed by atoms with Crippen LogP contribution in [0.15, 0.2) is 53.6 Å². The molecule has 0 amide bonds. The maximum Gasteiger partial charge on any atom is 0.141 e. The highest BCUT2D eigenvalue weighted by Crippen LogP contribution is 2.39. The molecule has 0 saturated carbocycles. The zero-order valence-corrected chi connectivity index (χ0v) is 14.5. The van der Waals surface area contributed by atoms with Gasteiger partial charge in [-0.25, -0.2) is 0 Å². The fraction of sp³-hybridized carbons (Fsp3) is 0.190. The van der Waals surface area contributed by atoms with E-state index in [4.69, 9.17) is 9.26 Å². The molecular formula is C21H21NO2. The van der Waals surface area contributed by atoms with Crippen LogP contribution in [0.4, 0.5) is 0 Å². The van der Waals surface area contributed by atoms with Crippen LogP contribution in [0.2, 0.25) is 0 Å². The number of allylic oxidation sites excluding steroid dienone is 1. The third kappa shape index (κ3) is 2.98. The molecule has 0 radical (unpaired) electrons. The van der Waals surface area contributed by atoms with Crippen molar-refractivity contribution in [3.05, 3.63) is 71.6 Å². The Kier molecular flexibility index (Phi) is 4.26. The van der Waals surface area contributed by atoms with Gasteiger partial charge in [0.25, 0.3) is 0 Å². The minimum Gasteiger partial charge on any atom is -0.456 e. The van der Waals surface area contributed by atoms with Gasteiger partial charge in [0, 0.05) is 5.56 Å². The second kappa shape index (κ2) is 6.36. The molecule has 0 bridgehead atoms. The predicted molar refractivity (Wildman–Crippen MR) is 97.4 cm³/mol. The van der Waals surface area contributed by atoms with E-state index in [1.807, 2.05) is 64.1 Å². The van der Waals surface area contributed by atoms with Crippen molar-refractivity contribution >= 4 is 5.57 Å². The number of hydrogen-bond donors (Lipinski definition) is 0. The number of benzene rings is 2. The van der Waals surface area contributed by atoms with Crippen LogP contribution in [-0.2, 0) is 0 Å². The van der Waals surface area contributed by atoms with Gasteiger partial charge >= 0.3 is 0 Å². The smallest absolute Gasteiger partial charge is 0.141 e. The summed E-state index contributed by atoms with van der Waals surface area (Å²) in [6.07, 6.45) is 0. The summed E-state index contributed by atoms with van der Waals surface area (Å²) in [6.45, 7) is 11.9. The first-order chi connectivity index (χ1) is 11.5. The molecule has 0 aliphatic rings. The van der Waals surface area contributed by atoms with Crippen molar-refractivity contribution in [2.75, 3.05) is 0 Å². The Balaban J connectivity index is 2.16. The lowest BCUT2D eigenvalue weighted by atomic mass is 9.98. The molecule has 3 aromatic rings. The Morgan fingerprint density at radius 2 is 1.79 bits per heavy atom. The lowest BCUT2D eigenvalue weighted by molar-refractivity contribution is 0.393. The summed E-state index contributed by atoms with van der Waals surface area (Å²) in [5.74, 6) is 2.40. The van der Waals surface area contributed by atoms with E-state index in [0.29, 0.717) is 0 Å². The molecule has 0 spiro atoms. The Morgan fingerprint density at radius 3 is 2.42 bits per heavy atom. The Bertz CT molecular complexity index is 886. The summed E-state index contributed by atoms with van der Waals surface area (Å²) in [6, 6.07) is 14.1. The second-order valence-electron chi connectivity index (χ2n) is 6.06. The zero-order chi connectivity index (χ0) is 17.3. The quantitative estimate of drug-likeness (QED) is 0.583. The number of rotatable bonds is 4. The normalized spacial score (nSPS) is 10.7. The van der Waals surface area contributed by atoms with Crippen molar-refractivity contribution in [3.63, 3.8) is 0 Å². The number of nitrogens with zero attached hydrogens (tertiary/aromatic N) is 1. The van der Waals surface area contributed by atoms with Gasteiger partial charge in [0.15, 0.2) is 0 Å². The van der Waals surface area contributed by atoms with Gasteiger partial charge in [0.1, 0.15) is 17.3 Å². The molecule has 0 unspecified atom stereocenters. The predicted octanol–water partition coefficient (Wildman–Crippen LogP) is 6.09. The summed E-state index contributed by atoms with van der Waals surface area (Å²) >= 11 is 0. The minimum absolute atomic E-state index is 0.779. The summed E-state index contributed by atoms with van der Waals surface area (Å²) in [5, 5.41) is 4.08. The second-order valence-corrected chi connectivity index (χ2v) is 6.06. The third-order valence-electron chi connectivity index (χ3n) is 4.09. The molecule has 2 aromatic carbocycles. The number of para-hydroxylation sites is 1. The average molecular weight is 319 g/mol. The molecule has 1 aromatic heterocycles. The summed E-state index contributed by atoms with van der Waals surface area (Å²) in [4.78, 5) is 0. The Morgan fingerprint density at radius 1 is 1.04 bits per heavy atom. The van der Waals surface area contributed by atoms with Gasteiger partial charge in [0.2, 0.25) is 0 Å². The maximum atomic E-state index is 6.21. The SMILES string of the molecule is C=C(C)c1ccc(Oc2ccccc2C)c(-c2c(C)noc2C)c1. The number of hydrogen-bond acceptors (Lipinski definition) is 3. The first kappa shape index (κ1) is 16.1. The van der Waals surface area contributed by atoms with E-state index < -0.39 is 0 Å². The maximum absolute atomic E-state index is 6.21. The van der Waals surface area contributed by atoms with Crippen LogP contribution in [0.3, 0.4) is 0 Å². The molecule has 0 fully saturated rings. The fourth-order valence-corrected chi connectivity index (χ4v) is 2.74. The first-order valence-corrected chi connectivity index (χ1v) is 7.94. The lowest BCUT2D eigenvalue weighted by Crippen LogP contribution is -1.93. The molecule has 1 heterocycles. The minimum atomic E-state index is 0.779. The van der Waals surface area contributed by atoms with Crippen molar-refractivity contribution < 1.29 is 9.26 Å². The van der Waals surface area contributed by atoms with Crippen LogP contribution in [0, 0.1) is 20.8 Å². The van der Waals surface area contributed by atoms with Crippen LogP contribution >= 0.6 is 0 Å². The van der Waals surface area contributed by atoms with Gasteiger partial charge < -0.3 is 9.26 Å². The van der Waals surface area contributed by atoms with E-state index in [2.05, 4.69) is 17.8 Å². The van der Waals surface area contributed by atoms with E-state index in [1.54, 1.807) is 0 Å². The molecular weight excluding hydrogens is 298 g/mol. The summed E-state index contributed by atoms with van der Waals surface area (Å²) < 4.78 is 11.6. The van der Waals surface area contributed by atoms with Crippen molar-refractivity contribution in [3.8, 4) is 22.6 Å². The van der Waals surface area contributed by atoms with Crippen LogP contribution in [0.5, 0.6) is 11.5 Å². The summed E-state index contributed by atoms with van der Waals surface area (Å²) in [5.41, 5.74) is 5.96. The molecule has 3 nitrogen and oxygen atoms in total. The number of ether oxygens (including phenoxy) is 1. The van der Waals surface area contributed by atoms with Crippen molar-refractivity contribution in [1.29, 1.82) is 0 Å². The molecule has 0 aliphatic carbocycles. The molecule has 0 saturated heterocycles. The van der Waals surface area contributed by atoms with Gasteiger partial charge in [-0.3, -0.25) is 0 Å². The van der Waals surface area contributed by atoms with Crippen LogP contribution in [0.25, 0.3) is 16.7 Å². The third-order valence-corrected chi connectivity index (χ3v) is 4.09. The molecule has 0 atom stereocenters. The van der Waals surface area contributed by atoms with Crippen LogP contribution < -0.4 is 4.74 Å². The highest BCUT2D eigenvalue weighted by molar-refractivity contribution is 5.78. The fourth-order valence-electron chi connectivity index (χ4n) is 2.74. The van der Waals surface area contributed by atoms with Gasteiger partial charge in [-0.05, 0) is 57.0 Å². The zero-order valence-electron chi connectivity index (χ0n) is 14.5. The number of aromatic nitrogens is 1. The van der Waals surface area contributed by atoms with Crippen molar-refractivity contribution in [1.82, 2.24) is 5.16 Å². The molecule has 24 heavy (non-hydrogen) atoms. The molecule has 3 heteroatoms. The molecule has 0 N–H and O–H groups in total. The number of aryl methyl sites for hydroxylation is 3. The largest absolute Gasteiger partial charge is 0.456 e. The Labute approximate surface area is 142 Å². The highest BCUT2D eigenvalue weighted by atomic mass is 16.5. The van der Waals surface area contributed by atoms with Crippen LogP contribution in [0.1, 0.15) is 29.5 Å². The topological polar surface area (TPSA) is 35.3 Å². The summed E-state index contributed by atoms with van der Waals surface area (Å²) in [7, 11) is 0. The molecule has 122 valence electrons. The van der Waals surface area contributed by atoms with E-state index in [-0.39, 0.29) is 0 Å². The van der Waals surface area contributed by atoms with Gasteiger partial charge in [-0.2, -0.15) is 0 Å². The van der Waals surface area contributed by atoms with Gasteiger partial charge in [0.05, 0.1) is 11.3 Å². The molecule has 0 aliphatic heterocycles. The van der Waals surface area contributed by atoms with E-state index in [9.17, 15) is 0 Å². The average Bonchev–Trinajstić information content (AvgIpc) is 2.88. The van der Waals surface area contributed by atoms with E-state index in [0.717, 1.165) is 50.8 Å². The van der Waals surface area contributed by atoms with Gasteiger partial charge in [-0.1, -0.05) is 41.6 Å². The first-order valence-electron chi connectivity index (χ1n) is 7.94. The van der Waals surface area contributed by atoms with Crippen LogP contribution in [-0.4, -0.2) is 5.16 Å². The van der Waals surface area contributed by atoms with Gasteiger partial charge in [-0.15, -0.1) is 0 Å². The van der Waals surface area contributed by atoms with Crippen molar-refractivity contribution in [2.24, 2.45) is 0 Å². The molecule has 3 rings (SSSR count). The monoisotopic (exact) mass is 319 g/mol. The van der Waals surface area contributed by atoms with Crippen molar-refractivity contribution in [2.45, 2.75) is 27.7 Å². The Hall–Kier alpha value is -2.81. The lowest BCUT2D eigenvalue weighted by Gasteiger charge is -2.14.